The van der Waals surface area contributed by atoms with Gasteiger partial charge in [0.1, 0.15) is 23.1 Å². The van der Waals surface area contributed by atoms with Crippen LogP contribution in [0.25, 0.3) is 0 Å². The van der Waals surface area contributed by atoms with Crippen molar-refractivity contribution in [2.45, 2.75) is 70.1 Å². The number of ether oxygens (including phenoxy) is 5. The quantitative estimate of drug-likeness (QED) is 0.290. The van der Waals surface area contributed by atoms with Gasteiger partial charge in [-0.25, -0.2) is 4.79 Å². The molecule has 1 N–H and O–H groups in total. The zero-order valence-electron chi connectivity index (χ0n) is 18.5. The number of esters is 2. The van der Waals surface area contributed by atoms with Crippen molar-refractivity contribution in [1.29, 1.82) is 0 Å². The van der Waals surface area contributed by atoms with Crippen LogP contribution in [0.2, 0.25) is 0 Å². The van der Waals surface area contributed by atoms with E-state index in [0.717, 1.165) is 12.8 Å². The molecule has 7 aliphatic rings. The van der Waals surface area contributed by atoms with E-state index >= 15 is 0 Å². The molecule has 4 bridgehead atoms. The van der Waals surface area contributed by atoms with Crippen molar-refractivity contribution in [2.24, 2.45) is 23.7 Å². The molecule has 3 saturated heterocycles. The fraction of sp³-hybridized carbons (Fsp3) is 0.900. The number of cyclic esters (lactones) is 1. The molecule has 3 heterocycles. The van der Waals surface area contributed by atoms with Gasteiger partial charge in [-0.1, -0.05) is 0 Å². The highest BCUT2D eigenvalue weighted by Gasteiger charge is 2.72. The van der Waals surface area contributed by atoms with Crippen LogP contribution in [-0.2, 0) is 43.4 Å². The fourth-order valence-electron chi connectivity index (χ4n) is 7.07. The number of hydrogen-bond acceptors (Lipinski definition) is 11. The van der Waals surface area contributed by atoms with Crippen molar-refractivity contribution in [3.8, 4) is 0 Å². The molecule has 35 heavy (non-hydrogen) atoms. The average Bonchev–Trinajstić information content (AvgIpc) is 3.38. The molecule has 4 saturated carbocycles. The van der Waals surface area contributed by atoms with E-state index in [9.17, 15) is 26.8 Å². The van der Waals surface area contributed by atoms with Crippen molar-refractivity contribution < 1.29 is 55.0 Å². The maximum absolute atomic E-state index is 13.9. The number of methoxy groups -OCH3 is 1. The van der Waals surface area contributed by atoms with Crippen LogP contribution in [0.3, 0.4) is 0 Å². The highest BCUT2D eigenvalue weighted by molar-refractivity contribution is 8.22. The molecule has 3 aliphatic heterocycles. The Labute approximate surface area is 208 Å². The van der Waals surface area contributed by atoms with Gasteiger partial charge in [0.2, 0.25) is 6.29 Å². The molecule has 0 aromatic carbocycles. The summed E-state index contributed by atoms with van der Waals surface area (Å²) in [5, 5.41) is -5.18. The second-order valence-electron chi connectivity index (χ2n) is 10.2. The topological polar surface area (TPSA) is 135 Å². The van der Waals surface area contributed by atoms with Crippen LogP contribution in [0.5, 0.6) is 0 Å². The van der Waals surface area contributed by atoms with E-state index in [-0.39, 0.29) is 45.3 Å². The molecule has 15 heteroatoms. The Morgan fingerprint density at radius 2 is 1.91 bits per heavy atom. The molecule has 0 amide bonds. The summed E-state index contributed by atoms with van der Waals surface area (Å²) in [5.74, 6) is -2.94. The molecular formula is C20H24F2O10S3. The molecular weight excluding hydrogens is 534 g/mol. The van der Waals surface area contributed by atoms with Gasteiger partial charge in [0, 0.05) is 7.11 Å². The van der Waals surface area contributed by atoms with Crippen molar-refractivity contribution in [1.82, 2.24) is 0 Å². The van der Waals surface area contributed by atoms with Crippen LogP contribution < -0.4 is 0 Å². The van der Waals surface area contributed by atoms with Crippen molar-refractivity contribution in [2.75, 3.05) is 13.9 Å². The summed E-state index contributed by atoms with van der Waals surface area (Å²) in [6.45, 7) is -0.0347. The van der Waals surface area contributed by atoms with E-state index < -0.39 is 45.3 Å². The zero-order valence-corrected chi connectivity index (χ0v) is 20.9. The van der Waals surface area contributed by atoms with E-state index in [2.05, 4.69) is 0 Å². The second-order valence-corrected chi connectivity index (χ2v) is 14.8. The first kappa shape index (κ1) is 24.6. The van der Waals surface area contributed by atoms with Crippen LogP contribution in [0.4, 0.5) is 8.78 Å². The lowest BCUT2D eigenvalue weighted by molar-refractivity contribution is -0.205. The number of halogens is 2. The second kappa shape index (κ2) is 7.90. The summed E-state index contributed by atoms with van der Waals surface area (Å²) >= 11 is 3.33. The maximum atomic E-state index is 13.9. The first-order valence-corrected chi connectivity index (χ1v) is 14.5. The van der Waals surface area contributed by atoms with Gasteiger partial charge < -0.3 is 23.7 Å². The standard InChI is InChI=1S/C20H24F2O10S3/c1-28-7-29-15-12-11(14(23)31-15)13-16(30-12)34-19(33-13)9-2-8-3-10(19)6-18(4-8,5-9)32-17(24)20(21,22)35(25,26)27/h8-13,15-16H,2-7H2,1H3,(H,25,26,27). The van der Waals surface area contributed by atoms with Gasteiger partial charge in [0.05, 0.1) is 9.33 Å². The van der Waals surface area contributed by atoms with Gasteiger partial charge in [-0.3, -0.25) is 9.35 Å². The van der Waals surface area contributed by atoms with Gasteiger partial charge >= 0.3 is 27.3 Å². The van der Waals surface area contributed by atoms with Gasteiger partial charge in [0.15, 0.2) is 6.79 Å². The third-order valence-electron chi connectivity index (χ3n) is 8.15. The lowest BCUT2D eigenvalue weighted by Gasteiger charge is -2.63. The first-order chi connectivity index (χ1) is 16.4. The van der Waals surface area contributed by atoms with Crippen LogP contribution >= 0.6 is 23.5 Å². The largest absolute Gasteiger partial charge is 0.465 e. The molecule has 7 atom stereocenters. The predicted molar refractivity (Wildman–Crippen MR) is 116 cm³/mol. The SMILES string of the molecule is COCOC1OC(=O)C2C1OC1SC3(SC12)C1CC2CC3CC(OC(=O)C(F)(F)S(=O)(=O)O)(C2)C1. The number of rotatable bonds is 6. The van der Waals surface area contributed by atoms with Gasteiger partial charge in [-0.15, -0.1) is 23.5 Å². The molecule has 7 rings (SSSR count). The number of carbonyl (C=O) groups is 2. The monoisotopic (exact) mass is 558 g/mol. The zero-order chi connectivity index (χ0) is 25.0. The van der Waals surface area contributed by atoms with E-state index in [1.165, 1.54) is 7.11 Å². The highest BCUT2D eigenvalue weighted by atomic mass is 32.2. The first-order valence-electron chi connectivity index (χ1n) is 11.3. The minimum atomic E-state index is -5.94. The summed E-state index contributed by atoms with van der Waals surface area (Å²) in [4.78, 5) is 24.8. The van der Waals surface area contributed by atoms with Gasteiger partial charge in [-0.2, -0.15) is 17.2 Å². The summed E-state index contributed by atoms with van der Waals surface area (Å²) < 4.78 is 85.5. The predicted octanol–water partition coefficient (Wildman–Crippen LogP) is 1.98. The van der Waals surface area contributed by atoms with E-state index in [4.69, 9.17) is 28.2 Å². The van der Waals surface area contributed by atoms with Crippen molar-refractivity contribution in [3.05, 3.63) is 0 Å². The molecule has 196 valence electrons. The molecule has 7 unspecified atom stereocenters. The molecule has 0 aromatic heterocycles. The summed E-state index contributed by atoms with van der Waals surface area (Å²) in [6, 6.07) is 0. The Morgan fingerprint density at radius 1 is 1.23 bits per heavy atom. The molecule has 4 aliphatic carbocycles. The van der Waals surface area contributed by atoms with Crippen LogP contribution in [-0.4, -0.2) is 76.8 Å². The van der Waals surface area contributed by atoms with E-state index in [1.807, 2.05) is 0 Å². The number of carbonyl (C=O) groups excluding carboxylic acids is 2. The van der Waals surface area contributed by atoms with Crippen molar-refractivity contribution in [3.63, 3.8) is 0 Å². The van der Waals surface area contributed by atoms with E-state index in [0.29, 0.717) is 19.3 Å². The lowest BCUT2D eigenvalue weighted by Crippen LogP contribution is -2.62. The Bertz CT molecular complexity index is 1040. The molecule has 0 radical (unpaired) electrons. The third-order valence-corrected chi connectivity index (χ3v) is 13.2. The summed E-state index contributed by atoms with van der Waals surface area (Å²) in [5.41, 5.74) is -1.46. The van der Waals surface area contributed by atoms with Crippen LogP contribution in [0, 0.1) is 23.7 Å². The molecule has 10 nitrogen and oxygen atoms in total. The number of thioether (sulfide) groups is 2. The van der Waals surface area contributed by atoms with Gasteiger partial charge in [-0.05, 0) is 49.9 Å². The van der Waals surface area contributed by atoms with Crippen LogP contribution in [0.1, 0.15) is 32.1 Å². The molecule has 0 aromatic rings. The average molecular weight is 559 g/mol. The minimum absolute atomic E-state index is 0.00141. The Morgan fingerprint density at radius 3 is 2.54 bits per heavy atom. The summed E-state index contributed by atoms with van der Waals surface area (Å²) in [6.07, 6.45) is 1.29. The van der Waals surface area contributed by atoms with Crippen molar-refractivity contribution >= 4 is 45.6 Å². The molecule has 7 fully saturated rings. The fourth-order valence-corrected chi connectivity index (χ4v) is 11.8. The summed E-state index contributed by atoms with van der Waals surface area (Å²) in [7, 11) is -4.47. The Balaban J connectivity index is 1.20. The number of alkyl halides is 2. The Kier molecular flexibility index (Phi) is 5.56. The third kappa shape index (κ3) is 3.52. The van der Waals surface area contributed by atoms with E-state index in [1.54, 1.807) is 23.5 Å². The lowest BCUT2D eigenvalue weighted by atomic mass is 9.53. The number of hydrogen-bond donors (Lipinski definition) is 1. The van der Waals surface area contributed by atoms with Crippen LogP contribution in [0.15, 0.2) is 0 Å². The maximum Gasteiger partial charge on any atom is 0.465 e. The smallest absolute Gasteiger partial charge is 0.454 e. The Hall–Kier alpha value is -0.710. The molecule has 1 spiro atoms. The highest BCUT2D eigenvalue weighted by Crippen LogP contribution is 2.75. The normalized spacial score (nSPS) is 47.7. The van der Waals surface area contributed by atoms with Gasteiger partial charge in [0.25, 0.3) is 0 Å². The number of fused-ring (bicyclic) bond motifs is 3. The minimum Gasteiger partial charge on any atom is -0.454 e.